The molecule has 0 unspecified atom stereocenters. The molecule has 1 N–H and O–H groups in total. The van der Waals surface area contributed by atoms with E-state index in [0.29, 0.717) is 6.54 Å². The zero-order valence-electron chi connectivity index (χ0n) is 18.8. The average molecular weight is 441 g/mol. The summed E-state index contributed by atoms with van der Waals surface area (Å²) in [7, 11) is -1.84. The lowest BCUT2D eigenvalue weighted by atomic mass is 10.1. The summed E-state index contributed by atoms with van der Waals surface area (Å²) >= 11 is 0. The summed E-state index contributed by atoms with van der Waals surface area (Å²) in [6, 6.07) is 9.38. The van der Waals surface area contributed by atoms with E-state index in [-0.39, 0.29) is 18.9 Å². The first-order valence-electron chi connectivity index (χ1n) is 11.3. The molecule has 0 spiro atoms. The third-order valence-electron chi connectivity index (χ3n) is 5.06. The number of rotatable bonds is 17. The first kappa shape index (κ1) is 26.4. The van der Waals surface area contributed by atoms with Crippen LogP contribution >= 0.6 is 0 Å². The molecule has 172 valence electrons. The number of hydrogen-bond donors (Lipinski definition) is 1. The van der Waals surface area contributed by atoms with Crippen LogP contribution in [0.5, 0.6) is 0 Å². The molecule has 0 heterocycles. The second-order valence-electron chi connectivity index (χ2n) is 7.86. The zero-order chi connectivity index (χ0) is 22.1. The van der Waals surface area contributed by atoms with E-state index in [0.717, 1.165) is 24.8 Å². The normalized spacial score (nSPS) is 11.4. The number of benzene rings is 1. The van der Waals surface area contributed by atoms with Gasteiger partial charge in [-0.05, 0) is 12.0 Å². The minimum absolute atomic E-state index is 0.0982. The van der Waals surface area contributed by atoms with Gasteiger partial charge < -0.3 is 9.64 Å². The molecule has 0 fully saturated rings. The van der Waals surface area contributed by atoms with Crippen LogP contribution in [0.4, 0.5) is 4.79 Å². The van der Waals surface area contributed by atoms with Crippen molar-refractivity contribution in [1.29, 1.82) is 0 Å². The molecule has 30 heavy (non-hydrogen) atoms. The van der Waals surface area contributed by atoms with Gasteiger partial charge in [0, 0.05) is 20.1 Å². The summed E-state index contributed by atoms with van der Waals surface area (Å²) in [6.45, 7) is 2.96. The van der Waals surface area contributed by atoms with Crippen LogP contribution in [-0.2, 0) is 21.4 Å². The van der Waals surface area contributed by atoms with Crippen LogP contribution in [0.15, 0.2) is 30.3 Å². The number of amides is 1. The zero-order valence-corrected chi connectivity index (χ0v) is 19.6. The third-order valence-corrected chi connectivity index (χ3v) is 6.43. The monoisotopic (exact) mass is 440 g/mol. The van der Waals surface area contributed by atoms with Crippen molar-refractivity contribution in [3.63, 3.8) is 0 Å². The lowest BCUT2D eigenvalue weighted by Crippen LogP contribution is -2.36. The Balaban J connectivity index is 2.06. The highest BCUT2D eigenvalue weighted by molar-refractivity contribution is 7.89. The summed E-state index contributed by atoms with van der Waals surface area (Å²) < 4.78 is 32.0. The Morgan fingerprint density at radius 2 is 1.50 bits per heavy atom. The quantitative estimate of drug-likeness (QED) is 0.342. The van der Waals surface area contributed by atoms with Crippen LogP contribution < -0.4 is 4.72 Å². The van der Waals surface area contributed by atoms with Crippen LogP contribution in [-0.4, -0.2) is 45.3 Å². The fourth-order valence-corrected chi connectivity index (χ4v) is 4.20. The topological polar surface area (TPSA) is 75.7 Å². The van der Waals surface area contributed by atoms with E-state index >= 15 is 0 Å². The molecule has 0 aliphatic rings. The molecule has 1 amide bonds. The molecule has 7 heteroatoms. The van der Waals surface area contributed by atoms with E-state index in [9.17, 15) is 13.2 Å². The maximum atomic E-state index is 12.1. The maximum absolute atomic E-state index is 12.1. The summed E-state index contributed by atoms with van der Waals surface area (Å²) in [6.07, 6.45) is 11.7. The minimum atomic E-state index is -3.39. The predicted octanol–water partition coefficient (Wildman–Crippen LogP) is 5.10. The van der Waals surface area contributed by atoms with Crippen molar-refractivity contribution in [2.75, 3.05) is 25.9 Å². The Hall–Kier alpha value is -1.60. The minimum Gasteiger partial charge on any atom is -0.445 e. The molecule has 1 aromatic carbocycles. The van der Waals surface area contributed by atoms with Gasteiger partial charge in [-0.2, -0.15) is 0 Å². The SMILES string of the molecule is CCCCCCCCCCCCNS(=O)(=O)CCN(C)C(=O)OCc1ccccc1. The van der Waals surface area contributed by atoms with Crippen molar-refractivity contribution in [3.05, 3.63) is 35.9 Å². The number of hydrogen-bond acceptors (Lipinski definition) is 4. The summed E-state index contributed by atoms with van der Waals surface area (Å²) in [5.41, 5.74) is 0.894. The number of carbonyl (C=O) groups is 1. The lowest BCUT2D eigenvalue weighted by molar-refractivity contribution is 0.106. The molecule has 0 aliphatic heterocycles. The van der Waals surface area contributed by atoms with Crippen molar-refractivity contribution in [1.82, 2.24) is 9.62 Å². The second kappa shape index (κ2) is 16.1. The van der Waals surface area contributed by atoms with Gasteiger partial charge in [-0.25, -0.2) is 17.9 Å². The Kier molecular flexibility index (Phi) is 14.2. The largest absolute Gasteiger partial charge is 0.445 e. The van der Waals surface area contributed by atoms with E-state index in [1.807, 2.05) is 30.3 Å². The van der Waals surface area contributed by atoms with Gasteiger partial charge in [0.05, 0.1) is 5.75 Å². The molecule has 0 aromatic heterocycles. The maximum Gasteiger partial charge on any atom is 0.409 e. The van der Waals surface area contributed by atoms with Crippen molar-refractivity contribution in [2.24, 2.45) is 0 Å². The highest BCUT2D eigenvalue weighted by Gasteiger charge is 2.15. The molecular formula is C23H40N2O4S. The molecule has 6 nitrogen and oxygen atoms in total. The van der Waals surface area contributed by atoms with E-state index in [1.165, 1.54) is 49.8 Å². The number of ether oxygens (including phenoxy) is 1. The van der Waals surface area contributed by atoms with Gasteiger partial charge in [-0.15, -0.1) is 0 Å². The number of nitrogens with zero attached hydrogens (tertiary/aromatic N) is 1. The third kappa shape index (κ3) is 13.6. The summed E-state index contributed by atoms with van der Waals surface area (Å²) in [4.78, 5) is 13.3. The van der Waals surface area contributed by atoms with Crippen LogP contribution in [0.25, 0.3) is 0 Å². The molecule has 1 aromatic rings. The molecule has 0 bridgehead atoms. The summed E-state index contributed by atoms with van der Waals surface area (Å²) in [5.74, 6) is -0.123. The number of sulfonamides is 1. The fraction of sp³-hybridized carbons (Fsp3) is 0.696. The van der Waals surface area contributed by atoms with Gasteiger partial charge in [0.2, 0.25) is 10.0 Å². The van der Waals surface area contributed by atoms with Crippen molar-refractivity contribution in [3.8, 4) is 0 Å². The van der Waals surface area contributed by atoms with Crippen LogP contribution in [0.3, 0.4) is 0 Å². The van der Waals surface area contributed by atoms with Crippen molar-refractivity contribution >= 4 is 16.1 Å². The van der Waals surface area contributed by atoms with Crippen LogP contribution in [0.1, 0.15) is 76.7 Å². The van der Waals surface area contributed by atoms with Gasteiger partial charge in [0.25, 0.3) is 0 Å². The molecular weight excluding hydrogens is 400 g/mol. The molecule has 0 aliphatic carbocycles. The van der Waals surface area contributed by atoms with Gasteiger partial charge in [0.15, 0.2) is 0 Å². The Labute approximate surface area is 183 Å². The smallest absolute Gasteiger partial charge is 0.409 e. The Morgan fingerprint density at radius 3 is 2.10 bits per heavy atom. The van der Waals surface area contributed by atoms with E-state index < -0.39 is 16.1 Å². The van der Waals surface area contributed by atoms with Crippen LogP contribution in [0, 0.1) is 0 Å². The molecule has 0 atom stereocenters. The summed E-state index contributed by atoms with van der Waals surface area (Å²) in [5, 5.41) is 0. The van der Waals surface area contributed by atoms with Gasteiger partial charge in [-0.3, -0.25) is 0 Å². The van der Waals surface area contributed by atoms with Gasteiger partial charge >= 0.3 is 6.09 Å². The van der Waals surface area contributed by atoms with Gasteiger partial charge in [0.1, 0.15) is 6.61 Å². The van der Waals surface area contributed by atoms with Crippen LogP contribution in [0.2, 0.25) is 0 Å². The second-order valence-corrected chi connectivity index (χ2v) is 9.78. The van der Waals surface area contributed by atoms with Crippen molar-refractivity contribution < 1.29 is 17.9 Å². The highest BCUT2D eigenvalue weighted by atomic mass is 32.2. The molecule has 0 saturated carbocycles. The first-order valence-corrected chi connectivity index (χ1v) is 13.0. The van der Waals surface area contributed by atoms with E-state index in [4.69, 9.17) is 4.74 Å². The highest BCUT2D eigenvalue weighted by Crippen LogP contribution is 2.10. The number of nitrogens with one attached hydrogen (secondary N) is 1. The molecule has 0 radical (unpaired) electrons. The molecule has 0 saturated heterocycles. The van der Waals surface area contributed by atoms with E-state index in [2.05, 4.69) is 11.6 Å². The fourth-order valence-electron chi connectivity index (χ4n) is 3.09. The Morgan fingerprint density at radius 1 is 0.933 bits per heavy atom. The van der Waals surface area contributed by atoms with E-state index in [1.54, 1.807) is 7.05 Å². The van der Waals surface area contributed by atoms with Gasteiger partial charge in [-0.1, -0.05) is 95.0 Å². The first-order chi connectivity index (χ1) is 14.4. The Bertz CT molecular complexity index is 665. The molecule has 1 rings (SSSR count). The van der Waals surface area contributed by atoms with Crippen molar-refractivity contribution in [2.45, 2.75) is 77.7 Å². The average Bonchev–Trinajstić information content (AvgIpc) is 2.75. The number of unbranched alkanes of at least 4 members (excludes halogenated alkanes) is 9. The number of carbonyl (C=O) groups excluding carboxylic acids is 1. The standard InChI is InChI=1S/C23H40N2O4S/c1-3-4-5-6-7-8-9-10-11-15-18-24-30(27,28)20-19-25(2)23(26)29-21-22-16-13-12-14-17-22/h12-14,16-17,24H,3-11,15,18-21H2,1-2H3. The lowest BCUT2D eigenvalue weighted by Gasteiger charge is -2.17. The predicted molar refractivity (Wildman–Crippen MR) is 123 cm³/mol.